The van der Waals surface area contributed by atoms with E-state index < -0.39 is 23.5 Å². The Kier molecular flexibility index (Phi) is 5.77. The van der Waals surface area contributed by atoms with E-state index in [1.807, 2.05) is 26.8 Å². The molecule has 3 rings (SSSR count). The summed E-state index contributed by atoms with van der Waals surface area (Å²) in [6.45, 7) is 7.50. The Morgan fingerprint density at radius 3 is 2.38 bits per heavy atom. The summed E-state index contributed by atoms with van der Waals surface area (Å²) in [5, 5.41) is 15.3. The van der Waals surface area contributed by atoms with Crippen molar-refractivity contribution in [3.8, 4) is 0 Å². The topological polar surface area (TPSA) is 113 Å². The van der Waals surface area contributed by atoms with Gasteiger partial charge in [0, 0.05) is 16.8 Å². The first kappa shape index (κ1) is 20.6. The van der Waals surface area contributed by atoms with Crippen LogP contribution in [-0.2, 0) is 16.0 Å². The lowest BCUT2D eigenvalue weighted by atomic mass is 10.0. The molecule has 0 aliphatic carbocycles. The Hall–Kier alpha value is -3.09. The van der Waals surface area contributed by atoms with E-state index in [4.69, 9.17) is 8.83 Å². The number of carboxylic acid groups (broad SMARTS) is 1. The third kappa shape index (κ3) is 4.04. The number of nitrogens with one attached hydrogen (secondary N) is 1. The van der Waals surface area contributed by atoms with Crippen molar-refractivity contribution < 1.29 is 23.5 Å². The molecule has 7 nitrogen and oxygen atoms in total. The first-order valence-corrected chi connectivity index (χ1v) is 9.69. The van der Waals surface area contributed by atoms with Crippen LogP contribution in [0.25, 0.3) is 21.9 Å². The second-order valence-electron chi connectivity index (χ2n) is 7.38. The molecule has 3 aromatic rings. The third-order valence-corrected chi connectivity index (χ3v) is 5.39. The van der Waals surface area contributed by atoms with Crippen molar-refractivity contribution in [2.75, 3.05) is 0 Å². The molecule has 1 aromatic carbocycles. The summed E-state index contributed by atoms with van der Waals surface area (Å²) in [7, 11) is 0. The zero-order valence-corrected chi connectivity index (χ0v) is 17.0. The van der Waals surface area contributed by atoms with Gasteiger partial charge in [0.1, 0.15) is 16.9 Å². The van der Waals surface area contributed by atoms with Crippen LogP contribution in [0.15, 0.2) is 25.8 Å². The van der Waals surface area contributed by atoms with Gasteiger partial charge < -0.3 is 24.1 Å². The number of benzene rings is 1. The van der Waals surface area contributed by atoms with Crippen molar-refractivity contribution in [2.45, 2.75) is 59.4 Å². The predicted octanol–water partition coefficient (Wildman–Crippen LogP) is 2.43. The van der Waals surface area contributed by atoms with E-state index in [9.17, 15) is 19.5 Å². The summed E-state index contributed by atoms with van der Waals surface area (Å²) in [6.07, 6.45) is 1.47. The standard InChI is InChI=1S/C22H25NO6/c1-5-6-7-17(21(25)26)23-20(24)9-16-12(3)15-8-14-11(2)13(4)28-18(14)10-19(15)29-22(16)27/h8,10,17H,5-7,9H2,1-4H3,(H,23,24)(H,25,26)/p-1/t17-/m0/s1. The van der Waals surface area contributed by atoms with Crippen molar-refractivity contribution in [3.05, 3.63) is 45.0 Å². The fourth-order valence-electron chi connectivity index (χ4n) is 3.49. The van der Waals surface area contributed by atoms with Crippen LogP contribution in [0.2, 0.25) is 0 Å². The number of fused-ring (bicyclic) bond motifs is 2. The van der Waals surface area contributed by atoms with Crippen LogP contribution < -0.4 is 16.0 Å². The Morgan fingerprint density at radius 1 is 1.07 bits per heavy atom. The Morgan fingerprint density at radius 2 is 1.72 bits per heavy atom. The quantitative estimate of drug-likeness (QED) is 0.612. The number of carbonyl (C=O) groups is 2. The maximum Gasteiger partial charge on any atom is 0.340 e. The SMILES string of the molecule is CCCC[C@H](NC(=O)Cc1c(C)c2cc3c(C)c(C)oc3cc2oc1=O)C(=O)[O-]. The first-order chi connectivity index (χ1) is 13.7. The molecule has 0 aliphatic heterocycles. The Labute approximate surface area is 167 Å². The molecule has 0 saturated carbocycles. The van der Waals surface area contributed by atoms with Crippen LogP contribution in [0.3, 0.4) is 0 Å². The van der Waals surface area contributed by atoms with Gasteiger partial charge in [0.15, 0.2) is 0 Å². The molecule has 1 atom stereocenters. The molecule has 1 amide bonds. The van der Waals surface area contributed by atoms with Gasteiger partial charge >= 0.3 is 5.63 Å². The molecule has 2 heterocycles. The average molecular weight is 398 g/mol. The van der Waals surface area contributed by atoms with Crippen LogP contribution in [0.5, 0.6) is 0 Å². The minimum Gasteiger partial charge on any atom is -0.548 e. The molecule has 7 heteroatoms. The Balaban J connectivity index is 1.95. The zero-order valence-electron chi connectivity index (χ0n) is 17.0. The van der Waals surface area contributed by atoms with E-state index in [1.54, 1.807) is 13.0 Å². The molecule has 0 saturated heterocycles. The molecule has 0 fully saturated rings. The largest absolute Gasteiger partial charge is 0.548 e. The summed E-state index contributed by atoms with van der Waals surface area (Å²) < 4.78 is 11.1. The first-order valence-electron chi connectivity index (χ1n) is 9.69. The number of aliphatic carboxylic acids is 1. The summed E-state index contributed by atoms with van der Waals surface area (Å²) in [4.78, 5) is 36.1. The summed E-state index contributed by atoms with van der Waals surface area (Å²) >= 11 is 0. The van der Waals surface area contributed by atoms with E-state index in [0.717, 1.165) is 23.1 Å². The number of hydrogen-bond acceptors (Lipinski definition) is 6. The van der Waals surface area contributed by atoms with Crippen molar-refractivity contribution in [3.63, 3.8) is 0 Å². The summed E-state index contributed by atoms with van der Waals surface area (Å²) in [5.74, 6) is -1.10. The highest BCUT2D eigenvalue weighted by Crippen LogP contribution is 2.30. The van der Waals surface area contributed by atoms with Gasteiger partial charge in [0.05, 0.1) is 24.0 Å². The second kappa shape index (κ2) is 8.11. The number of carbonyl (C=O) groups excluding carboxylic acids is 2. The fraction of sp³-hybridized carbons (Fsp3) is 0.409. The van der Waals surface area contributed by atoms with Crippen LogP contribution in [0, 0.1) is 20.8 Å². The lowest BCUT2D eigenvalue weighted by Gasteiger charge is -2.19. The summed E-state index contributed by atoms with van der Waals surface area (Å²) in [6, 6.07) is 2.49. The van der Waals surface area contributed by atoms with Crippen LogP contribution in [-0.4, -0.2) is 17.9 Å². The smallest absolute Gasteiger partial charge is 0.340 e. The minimum atomic E-state index is -1.33. The molecule has 0 unspecified atom stereocenters. The van der Waals surface area contributed by atoms with E-state index in [-0.39, 0.29) is 18.4 Å². The second-order valence-corrected chi connectivity index (χ2v) is 7.38. The predicted molar refractivity (Wildman–Crippen MR) is 107 cm³/mol. The van der Waals surface area contributed by atoms with E-state index >= 15 is 0 Å². The zero-order chi connectivity index (χ0) is 21.3. The van der Waals surface area contributed by atoms with Gasteiger partial charge in [0.25, 0.3) is 0 Å². The molecule has 29 heavy (non-hydrogen) atoms. The molecule has 0 bridgehead atoms. The van der Waals surface area contributed by atoms with E-state index in [0.29, 0.717) is 28.5 Å². The maximum atomic E-state index is 12.5. The number of furan rings is 1. The highest BCUT2D eigenvalue weighted by Gasteiger charge is 2.19. The van der Waals surface area contributed by atoms with E-state index in [1.165, 1.54) is 0 Å². The number of unbranched alkanes of at least 4 members (excludes halogenated alkanes) is 1. The highest BCUT2D eigenvalue weighted by atomic mass is 16.4. The Bertz CT molecular complexity index is 1150. The van der Waals surface area contributed by atoms with Gasteiger partial charge in [-0.05, 0) is 44.4 Å². The molecule has 0 aliphatic rings. The van der Waals surface area contributed by atoms with Gasteiger partial charge in [-0.2, -0.15) is 0 Å². The van der Waals surface area contributed by atoms with Crippen molar-refractivity contribution in [2.24, 2.45) is 0 Å². The maximum absolute atomic E-state index is 12.5. The van der Waals surface area contributed by atoms with Gasteiger partial charge in [-0.3, -0.25) is 4.79 Å². The van der Waals surface area contributed by atoms with Gasteiger partial charge in [0.2, 0.25) is 5.91 Å². The monoisotopic (exact) mass is 398 g/mol. The van der Waals surface area contributed by atoms with Gasteiger partial charge in [-0.25, -0.2) is 4.79 Å². The molecule has 0 radical (unpaired) electrons. The van der Waals surface area contributed by atoms with Crippen molar-refractivity contribution in [1.82, 2.24) is 5.32 Å². The van der Waals surface area contributed by atoms with Crippen LogP contribution >= 0.6 is 0 Å². The lowest BCUT2D eigenvalue weighted by molar-refractivity contribution is -0.308. The van der Waals surface area contributed by atoms with Crippen molar-refractivity contribution in [1.29, 1.82) is 0 Å². The molecule has 1 N–H and O–H groups in total. The number of amides is 1. The highest BCUT2D eigenvalue weighted by molar-refractivity contribution is 5.97. The lowest BCUT2D eigenvalue weighted by Crippen LogP contribution is -2.48. The fourth-order valence-corrected chi connectivity index (χ4v) is 3.49. The van der Waals surface area contributed by atoms with Gasteiger partial charge in [-0.15, -0.1) is 0 Å². The molecule has 0 spiro atoms. The van der Waals surface area contributed by atoms with Crippen LogP contribution in [0.1, 0.15) is 48.6 Å². The molecule has 154 valence electrons. The average Bonchev–Trinajstić information content (AvgIpc) is 2.94. The molecule has 2 aromatic heterocycles. The van der Waals surface area contributed by atoms with Crippen molar-refractivity contribution >= 4 is 33.8 Å². The number of aryl methyl sites for hydroxylation is 3. The number of rotatable bonds is 7. The minimum absolute atomic E-state index is 0.208. The number of hydrogen-bond donors (Lipinski definition) is 1. The number of carboxylic acids is 1. The summed E-state index contributed by atoms with van der Waals surface area (Å²) in [5.41, 5.74) is 2.23. The third-order valence-electron chi connectivity index (χ3n) is 5.39. The van der Waals surface area contributed by atoms with E-state index in [2.05, 4.69) is 5.32 Å². The molecular weight excluding hydrogens is 374 g/mol. The van der Waals surface area contributed by atoms with Crippen LogP contribution in [0.4, 0.5) is 0 Å². The normalized spacial score (nSPS) is 12.4. The molecular formula is C22H24NO6-. The van der Waals surface area contributed by atoms with Gasteiger partial charge in [-0.1, -0.05) is 19.8 Å².